The van der Waals surface area contributed by atoms with Crippen molar-refractivity contribution in [2.45, 2.75) is 0 Å². The van der Waals surface area contributed by atoms with Crippen LogP contribution in [0, 0.1) is 0 Å². The lowest BCUT2D eigenvalue weighted by molar-refractivity contribution is 0.0978. The highest BCUT2D eigenvalue weighted by molar-refractivity contribution is 6.28. The van der Waals surface area contributed by atoms with Crippen LogP contribution >= 0.6 is 0 Å². The van der Waals surface area contributed by atoms with Gasteiger partial charge in [-0.15, -0.1) is 10.2 Å². The molecule has 8 heteroatoms. The average molecular weight is 336 g/mol. The van der Waals surface area contributed by atoms with E-state index in [1.54, 1.807) is 30.3 Å². The molecule has 0 unspecified atom stereocenters. The molecule has 0 bridgehead atoms. The second-order valence-corrected chi connectivity index (χ2v) is 5.43. The van der Waals surface area contributed by atoms with Crippen LogP contribution in [0.4, 0.5) is 0 Å². The number of rotatable bonds is 4. The van der Waals surface area contributed by atoms with Gasteiger partial charge in [0.25, 0.3) is 0 Å². The van der Waals surface area contributed by atoms with Crippen molar-refractivity contribution in [3.63, 3.8) is 0 Å². The molecule has 8 nitrogen and oxygen atoms in total. The third kappa shape index (κ3) is 2.48. The van der Waals surface area contributed by atoms with E-state index in [2.05, 4.69) is 20.6 Å². The Morgan fingerprint density at radius 1 is 0.960 bits per heavy atom. The molecule has 4 rings (SSSR count). The number of nitrogens with zero attached hydrogens (tertiary/aromatic N) is 3. The van der Waals surface area contributed by atoms with Crippen LogP contribution in [-0.4, -0.2) is 50.5 Å². The molecule has 0 atom stereocenters. The lowest BCUT2D eigenvalue weighted by Crippen LogP contribution is -2.21. The van der Waals surface area contributed by atoms with Gasteiger partial charge in [0.2, 0.25) is 5.82 Å². The first-order valence-corrected chi connectivity index (χ1v) is 7.54. The number of hydrogen-bond donors (Lipinski definition) is 2. The first-order valence-electron chi connectivity index (χ1n) is 7.54. The molecule has 25 heavy (non-hydrogen) atoms. The number of aromatic nitrogens is 4. The maximum Gasteiger partial charge on any atom is 0.204 e. The first kappa shape index (κ1) is 15.2. The fourth-order valence-electron chi connectivity index (χ4n) is 2.81. The van der Waals surface area contributed by atoms with E-state index in [1.807, 2.05) is 0 Å². The quantitative estimate of drug-likeness (QED) is 0.571. The van der Waals surface area contributed by atoms with Gasteiger partial charge < -0.3 is 9.84 Å². The summed E-state index contributed by atoms with van der Waals surface area (Å²) in [5.74, 6) is 0.267. The largest absolute Gasteiger partial charge is 0.491 e. The number of aliphatic hydroxyl groups excluding tert-OH is 1. The molecule has 0 saturated heterocycles. The molecule has 0 saturated carbocycles. The Kier molecular flexibility index (Phi) is 3.58. The number of benzene rings is 2. The van der Waals surface area contributed by atoms with Crippen LogP contribution in [0.15, 0.2) is 36.4 Å². The average Bonchev–Trinajstić information content (AvgIpc) is 3.18. The van der Waals surface area contributed by atoms with E-state index in [1.165, 1.54) is 6.07 Å². The smallest absolute Gasteiger partial charge is 0.204 e. The van der Waals surface area contributed by atoms with Crippen molar-refractivity contribution in [2.75, 3.05) is 13.2 Å². The van der Waals surface area contributed by atoms with E-state index in [4.69, 9.17) is 9.84 Å². The summed E-state index contributed by atoms with van der Waals surface area (Å²) in [6, 6.07) is 9.56. The number of carbonyl (C=O) groups is 2. The first-order chi connectivity index (χ1) is 12.2. The van der Waals surface area contributed by atoms with Gasteiger partial charge >= 0.3 is 0 Å². The second kappa shape index (κ2) is 5.91. The van der Waals surface area contributed by atoms with Gasteiger partial charge in [0.15, 0.2) is 11.6 Å². The van der Waals surface area contributed by atoms with Gasteiger partial charge in [-0.05, 0) is 35.5 Å². The Bertz CT molecular complexity index is 982. The van der Waals surface area contributed by atoms with Crippen LogP contribution in [0.3, 0.4) is 0 Å². The number of ketones is 2. The second-order valence-electron chi connectivity index (χ2n) is 5.43. The summed E-state index contributed by atoms with van der Waals surface area (Å²) in [6.07, 6.45) is 0. The standard InChI is InChI=1S/C17H12N4O4/c22-5-6-25-10-2-4-12-14(8-10)16(24)13-7-9(17-18-20-21-19-17)1-3-11(13)15(12)23/h1-4,7-8,22H,5-6H2,(H,18,19,20,21). The summed E-state index contributed by atoms with van der Waals surface area (Å²) >= 11 is 0. The van der Waals surface area contributed by atoms with Crippen LogP contribution in [0.25, 0.3) is 11.4 Å². The number of aromatic amines is 1. The molecule has 0 fully saturated rings. The van der Waals surface area contributed by atoms with E-state index in [-0.39, 0.29) is 30.3 Å². The van der Waals surface area contributed by atoms with E-state index in [9.17, 15) is 9.59 Å². The van der Waals surface area contributed by atoms with Gasteiger partial charge in [-0.2, -0.15) is 5.21 Å². The Morgan fingerprint density at radius 2 is 1.68 bits per heavy atom. The molecule has 1 aromatic heterocycles. The van der Waals surface area contributed by atoms with Crippen molar-refractivity contribution in [3.05, 3.63) is 58.7 Å². The lowest BCUT2D eigenvalue weighted by Gasteiger charge is -2.18. The topological polar surface area (TPSA) is 118 Å². The van der Waals surface area contributed by atoms with Gasteiger partial charge in [0, 0.05) is 27.8 Å². The maximum atomic E-state index is 12.9. The molecule has 1 aliphatic carbocycles. The SMILES string of the molecule is O=C1c2ccc(OCCO)cc2C(=O)c2cc(-c3nn[nH]n3)ccc21. The number of aliphatic hydroxyl groups is 1. The van der Waals surface area contributed by atoms with Crippen molar-refractivity contribution in [1.82, 2.24) is 20.6 Å². The van der Waals surface area contributed by atoms with Crippen molar-refractivity contribution in [2.24, 2.45) is 0 Å². The minimum Gasteiger partial charge on any atom is -0.491 e. The minimum absolute atomic E-state index is 0.111. The molecule has 1 heterocycles. The summed E-state index contributed by atoms with van der Waals surface area (Å²) in [4.78, 5) is 25.6. The number of nitrogens with one attached hydrogen (secondary N) is 1. The number of carbonyl (C=O) groups excluding carboxylic acids is 2. The molecule has 2 aromatic carbocycles. The highest BCUT2D eigenvalue weighted by atomic mass is 16.5. The Labute approximate surface area is 141 Å². The van der Waals surface area contributed by atoms with Gasteiger partial charge in [-0.1, -0.05) is 6.07 Å². The Morgan fingerprint density at radius 3 is 2.40 bits per heavy atom. The molecule has 3 aromatic rings. The molecular weight excluding hydrogens is 324 g/mol. The third-order valence-corrected chi connectivity index (χ3v) is 3.95. The van der Waals surface area contributed by atoms with Crippen molar-refractivity contribution >= 4 is 11.6 Å². The predicted molar refractivity (Wildman–Crippen MR) is 85.5 cm³/mol. The van der Waals surface area contributed by atoms with Crippen LogP contribution in [0.2, 0.25) is 0 Å². The highest BCUT2D eigenvalue weighted by Gasteiger charge is 2.30. The summed E-state index contributed by atoms with van der Waals surface area (Å²) in [5.41, 5.74) is 1.83. The number of ether oxygens (including phenoxy) is 1. The molecule has 0 radical (unpaired) electrons. The van der Waals surface area contributed by atoms with Crippen LogP contribution < -0.4 is 4.74 Å². The minimum atomic E-state index is -0.274. The zero-order chi connectivity index (χ0) is 17.4. The van der Waals surface area contributed by atoms with Gasteiger partial charge in [0.1, 0.15) is 12.4 Å². The number of fused-ring (bicyclic) bond motifs is 2. The molecule has 1 aliphatic rings. The zero-order valence-electron chi connectivity index (χ0n) is 12.9. The summed E-state index contributed by atoms with van der Waals surface area (Å²) < 4.78 is 5.33. The van der Waals surface area contributed by atoms with Crippen molar-refractivity contribution in [1.29, 1.82) is 0 Å². The van der Waals surface area contributed by atoms with Gasteiger partial charge in [0.05, 0.1) is 6.61 Å². The monoisotopic (exact) mass is 336 g/mol. The van der Waals surface area contributed by atoms with Gasteiger partial charge in [-0.3, -0.25) is 9.59 Å². The molecule has 0 spiro atoms. The number of hydrogen-bond acceptors (Lipinski definition) is 7. The summed E-state index contributed by atoms with van der Waals surface area (Å²) in [5, 5.41) is 22.5. The van der Waals surface area contributed by atoms with Crippen LogP contribution in [-0.2, 0) is 0 Å². The molecular formula is C17H12N4O4. The van der Waals surface area contributed by atoms with E-state index in [0.717, 1.165) is 0 Å². The van der Waals surface area contributed by atoms with Crippen LogP contribution in [0.1, 0.15) is 31.8 Å². The molecule has 2 N–H and O–H groups in total. The Balaban J connectivity index is 1.80. The van der Waals surface area contributed by atoms with Crippen LogP contribution in [0.5, 0.6) is 5.75 Å². The number of H-pyrrole nitrogens is 1. The molecule has 0 aliphatic heterocycles. The third-order valence-electron chi connectivity index (χ3n) is 3.95. The lowest BCUT2D eigenvalue weighted by atomic mass is 9.83. The number of tetrazole rings is 1. The van der Waals surface area contributed by atoms with E-state index >= 15 is 0 Å². The highest BCUT2D eigenvalue weighted by Crippen LogP contribution is 2.31. The zero-order valence-corrected chi connectivity index (χ0v) is 12.9. The fourth-order valence-corrected chi connectivity index (χ4v) is 2.81. The molecule has 0 amide bonds. The Hall–Kier alpha value is -3.39. The van der Waals surface area contributed by atoms with E-state index in [0.29, 0.717) is 33.8 Å². The summed E-state index contributed by atoms with van der Waals surface area (Å²) in [7, 11) is 0. The normalized spacial score (nSPS) is 12.7. The van der Waals surface area contributed by atoms with Gasteiger partial charge in [-0.25, -0.2) is 0 Å². The molecule has 124 valence electrons. The predicted octanol–water partition coefficient (Wildman–Crippen LogP) is 1.01. The van der Waals surface area contributed by atoms with Crippen molar-refractivity contribution < 1.29 is 19.4 Å². The summed E-state index contributed by atoms with van der Waals surface area (Å²) in [6.45, 7) is -0.0274. The maximum absolute atomic E-state index is 12.9. The van der Waals surface area contributed by atoms with Crippen molar-refractivity contribution in [3.8, 4) is 17.1 Å². The fraction of sp³-hybridized carbons (Fsp3) is 0.118. The van der Waals surface area contributed by atoms with E-state index < -0.39 is 0 Å².